The third-order valence-electron chi connectivity index (χ3n) is 3.12. The fourth-order valence-electron chi connectivity index (χ4n) is 2.31. The SMILES string of the molecule is C1=Cc2c(cccc2N2CCNCC2)OC1. The Hall–Kier alpha value is -1.48. The van der Waals surface area contributed by atoms with Crippen molar-refractivity contribution in [3.05, 3.63) is 29.8 Å². The van der Waals surface area contributed by atoms with E-state index < -0.39 is 0 Å². The standard InChI is InChI=1S/C13H16N2O/c1-4-12(15-8-6-14-7-9-15)11-3-2-10-16-13(11)5-1/h1-5,14H,6-10H2. The molecule has 0 aliphatic carbocycles. The van der Waals surface area contributed by atoms with Crippen LogP contribution in [0, 0.1) is 0 Å². The Kier molecular flexibility index (Phi) is 2.54. The van der Waals surface area contributed by atoms with E-state index in [0.717, 1.165) is 31.9 Å². The van der Waals surface area contributed by atoms with Crippen molar-refractivity contribution in [2.45, 2.75) is 0 Å². The smallest absolute Gasteiger partial charge is 0.129 e. The van der Waals surface area contributed by atoms with Crippen LogP contribution >= 0.6 is 0 Å². The molecule has 3 heteroatoms. The average molecular weight is 216 g/mol. The molecule has 0 bridgehead atoms. The molecule has 1 aromatic carbocycles. The zero-order valence-electron chi connectivity index (χ0n) is 9.28. The van der Waals surface area contributed by atoms with Gasteiger partial charge in [-0.05, 0) is 24.3 Å². The van der Waals surface area contributed by atoms with E-state index in [1.807, 2.05) is 6.07 Å². The minimum atomic E-state index is 0.692. The van der Waals surface area contributed by atoms with Crippen LogP contribution in [-0.2, 0) is 0 Å². The lowest BCUT2D eigenvalue weighted by atomic mass is 10.1. The maximum Gasteiger partial charge on any atom is 0.129 e. The zero-order chi connectivity index (χ0) is 10.8. The van der Waals surface area contributed by atoms with E-state index in [0.29, 0.717) is 6.61 Å². The molecule has 0 radical (unpaired) electrons. The van der Waals surface area contributed by atoms with Crippen LogP contribution in [0.4, 0.5) is 5.69 Å². The number of benzene rings is 1. The van der Waals surface area contributed by atoms with Crippen molar-refractivity contribution in [1.29, 1.82) is 0 Å². The number of piperazine rings is 1. The lowest BCUT2D eigenvalue weighted by Crippen LogP contribution is -2.43. The summed E-state index contributed by atoms with van der Waals surface area (Å²) in [6.45, 7) is 4.97. The molecule has 16 heavy (non-hydrogen) atoms. The minimum Gasteiger partial charge on any atom is -0.489 e. The fraction of sp³-hybridized carbons (Fsp3) is 0.385. The van der Waals surface area contributed by atoms with Crippen LogP contribution in [0.25, 0.3) is 6.08 Å². The van der Waals surface area contributed by atoms with Gasteiger partial charge in [0.2, 0.25) is 0 Å². The van der Waals surface area contributed by atoms with Gasteiger partial charge >= 0.3 is 0 Å². The molecule has 1 aromatic rings. The first kappa shape index (κ1) is 9.73. The van der Waals surface area contributed by atoms with Gasteiger partial charge in [0.15, 0.2) is 0 Å². The second kappa shape index (κ2) is 4.18. The summed E-state index contributed by atoms with van der Waals surface area (Å²) in [5.74, 6) is 1.01. The highest BCUT2D eigenvalue weighted by molar-refractivity contribution is 5.74. The largest absolute Gasteiger partial charge is 0.489 e. The molecule has 1 saturated heterocycles. The van der Waals surface area contributed by atoms with Gasteiger partial charge in [0.25, 0.3) is 0 Å². The van der Waals surface area contributed by atoms with Crippen LogP contribution in [0.2, 0.25) is 0 Å². The molecule has 1 fully saturated rings. The van der Waals surface area contributed by atoms with Gasteiger partial charge in [0.1, 0.15) is 12.4 Å². The van der Waals surface area contributed by atoms with Crippen molar-refractivity contribution < 1.29 is 4.74 Å². The third kappa shape index (κ3) is 1.67. The van der Waals surface area contributed by atoms with Crippen LogP contribution in [0.15, 0.2) is 24.3 Å². The van der Waals surface area contributed by atoms with Crippen LogP contribution in [0.1, 0.15) is 5.56 Å². The molecule has 0 unspecified atom stereocenters. The summed E-state index contributed by atoms with van der Waals surface area (Å²) in [5, 5.41) is 3.37. The first-order valence-corrected chi connectivity index (χ1v) is 5.83. The van der Waals surface area contributed by atoms with E-state index in [2.05, 4.69) is 34.5 Å². The van der Waals surface area contributed by atoms with E-state index in [-0.39, 0.29) is 0 Å². The van der Waals surface area contributed by atoms with Gasteiger partial charge in [0.05, 0.1) is 0 Å². The Balaban J connectivity index is 1.97. The average Bonchev–Trinajstić information content (AvgIpc) is 2.39. The van der Waals surface area contributed by atoms with Crippen molar-refractivity contribution in [3.63, 3.8) is 0 Å². The lowest BCUT2D eigenvalue weighted by Gasteiger charge is -2.31. The molecule has 2 aliphatic heterocycles. The molecule has 84 valence electrons. The van der Waals surface area contributed by atoms with E-state index in [9.17, 15) is 0 Å². The summed E-state index contributed by atoms with van der Waals surface area (Å²) >= 11 is 0. The maximum absolute atomic E-state index is 5.63. The quantitative estimate of drug-likeness (QED) is 0.770. The monoisotopic (exact) mass is 216 g/mol. The van der Waals surface area contributed by atoms with Gasteiger partial charge in [-0.25, -0.2) is 0 Å². The van der Waals surface area contributed by atoms with Gasteiger partial charge in [-0.2, -0.15) is 0 Å². The number of ether oxygens (including phenoxy) is 1. The highest BCUT2D eigenvalue weighted by atomic mass is 16.5. The van der Waals surface area contributed by atoms with E-state index in [1.165, 1.54) is 11.3 Å². The van der Waals surface area contributed by atoms with Crippen molar-refractivity contribution in [2.24, 2.45) is 0 Å². The van der Waals surface area contributed by atoms with Gasteiger partial charge in [0, 0.05) is 37.4 Å². The minimum absolute atomic E-state index is 0.692. The van der Waals surface area contributed by atoms with Crippen molar-refractivity contribution in [1.82, 2.24) is 5.32 Å². The number of rotatable bonds is 1. The predicted octanol–water partition coefficient (Wildman–Crippen LogP) is 1.50. The molecular weight excluding hydrogens is 200 g/mol. The Morgan fingerprint density at radius 3 is 2.94 bits per heavy atom. The molecule has 0 atom stereocenters. The summed E-state index contributed by atoms with van der Waals surface area (Å²) < 4.78 is 5.63. The van der Waals surface area contributed by atoms with Crippen molar-refractivity contribution in [2.75, 3.05) is 37.7 Å². The molecule has 3 rings (SSSR count). The Morgan fingerprint density at radius 2 is 2.06 bits per heavy atom. The highest BCUT2D eigenvalue weighted by Gasteiger charge is 2.16. The second-order valence-electron chi connectivity index (χ2n) is 4.14. The molecule has 0 saturated carbocycles. The molecule has 1 N–H and O–H groups in total. The summed E-state index contributed by atoms with van der Waals surface area (Å²) in [6.07, 6.45) is 4.25. The summed E-state index contributed by atoms with van der Waals surface area (Å²) in [4.78, 5) is 2.42. The Bertz CT molecular complexity index is 408. The molecule has 0 amide bonds. The maximum atomic E-state index is 5.63. The molecule has 2 aliphatic rings. The highest BCUT2D eigenvalue weighted by Crippen LogP contribution is 2.32. The molecule has 0 aromatic heterocycles. The number of hydrogen-bond acceptors (Lipinski definition) is 3. The van der Waals surface area contributed by atoms with E-state index >= 15 is 0 Å². The Morgan fingerprint density at radius 1 is 1.19 bits per heavy atom. The Labute approximate surface area is 95.7 Å². The number of hydrogen-bond donors (Lipinski definition) is 1. The number of fused-ring (bicyclic) bond motifs is 1. The van der Waals surface area contributed by atoms with Gasteiger partial charge in [-0.15, -0.1) is 0 Å². The lowest BCUT2D eigenvalue weighted by molar-refractivity contribution is 0.358. The van der Waals surface area contributed by atoms with E-state index in [4.69, 9.17) is 4.74 Å². The first-order valence-electron chi connectivity index (χ1n) is 5.83. The third-order valence-corrected chi connectivity index (χ3v) is 3.12. The van der Waals surface area contributed by atoms with Crippen LogP contribution < -0.4 is 15.0 Å². The zero-order valence-corrected chi connectivity index (χ0v) is 9.28. The fourth-order valence-corrected chi connectivity index (χ4v) is 2.31. The number of nitrogens with one attached hydrogen (secondary N) is 1. The van der Waals surface area contributed by atoms with Crippen molar-refractivity contribution in [3.8, 4) is 5.75 Å². The molecular formula is C13H16N2O. The number of anilines is 1. The first-order chi connectivity index (χ1) is 7.95. The van der Waals surface area contributed by atoms with Crippen molar-refractivity contribution >= 4 is 11.8 Å². The van der Waals surface area contributed by atoms with Gasteiger partial charge in [-0.1, -0.05) is 6.07 Å². The summed E-state index contributed by atoms with van der Waals surface area (Å²) in [5.41, 5.74) is 2.53. The van der Waals surface area contributed by atoms with Gasteiger partial charge in [-0.3, -0.25) is 0 Å². The molecule has 3 nitrogen and oxygen atoms in total. The van der Waals surface area contributed by atoms with Crippen LogP contribution in [0.3, 0.4) is 0 Å². The van der Waals surface area contributed by atoms with Crippen LogP contribution in [0.5, 0.6) is 5.75 Å². The summed E-state index contributed by atoms with van der Waals surface area (Å²) in [7, 11) is 0. The predicted molar refractivity (Wildman–Crippen MR) is 66.1 cm³/mol. The molecule has 2 heterocycles. The van der Waals surface area contributed by atoms with Crippen LogP contribution in [-0.4, -0.2) is 32.8 Å². The van der Waals surface area contributed by atoms with Gasteiger partial charge < -0.3 is 15.0 Å². The summed E-state index contributed by atoms with van der Waals surface area (Å²) in [6, 6.07) is 6.31. The second-order valence-corrected chi connectivity index (χ2v) is 4.14. The number of nitrogens with zero attached hydrogens (tertiary/aromatic N) is 1. The normalized spacial score (nSPS) is 19.1. The molecule has 0 spiro atoms. The topological polar surface area (TPSA) is 24.5 Å². The van der Waals surface area contributed by atoms with E-state index in [1.54, 1.807) is 0 Å².